The van der Waals surface area contributed by atoms with E-state index in [1.54, 1.807) is 5.57 Å². The van der Waals surface area contributed by atoms with Gasteiger partial charge in [-0.25, -0.2) is 0 Å². The quantitative estimate of drug-likeness (QED) is 0.556. The molecule has 140 valence electrons. The van der Waals surface area contributed by atoms with Crippen molar-refractivity contribution in [2.75, 3.05) is 0 Å². The third-order valence-electron chi connectivity index (χ3n) is 8.95. The first-order valence-electron chi connectivity index (χ1n) is 10.3. The minimum atomic E-state index is -0.499. The Labute approximate surface area is 152 Å². The van der Waals surface area contributed by atoms with Crippen LogP contribution in [0, 0.1) is 28.6 Å². The zero-order chi connectivity index (χ0) is 18.0. The Kier molecular flexibility index (Phi) is 3.92. The van der Waals surface area contributed by atoms with Gasteiger partial charge in [0.25, 0.3) is 0 Å². The molecule has 0 saturated heterocycles. The third kappa shape index (κ3) is 2.44. The zero-order valence-electron chi connectivity index (χ0n) is 16.3. The maximum atomic E-state index is 11.3. The Morgan fingerprint density at radius 2 is 1.84 bits per heavy atom. The van der Waals surface area contributed by atoms with E-state index < -0.39 is 5.60 Å². The molecule has 0 spiro atoms. The number of hydrogen-bond donors (Lipinski definition) is 1. The summed E-state index contributed by atoms with van der Waals surface area (Å²) in [4.78, 5) is 11.3. The van der Waals surface area contributed by atoms with Gasteiger partial charge in [-0.1, -0.05) is 25.5 Å². The molecule has 0 bridgehead atoms. The lowest BCUT2D eigenvalue weighted by atomic mass is 9.47. The lowest BCUT2D eigenvalue weighted by Crippen LogP contribution is -2.53. The van der Waals surface area contributed by atoms with Crippen molar-refractivity contribution in [1.29, 1.82) is 0 Å². The Bertz CT molecular complexity index is 606. The summed E-state index contributed by atoms with van der Waals surface area (Å²) in [6.07, 6.45) is 11.3. The summed E-state index contributed by atoms with van der Waals surface area (Å²) < 4.78 is 5.52. The minimum Gasteiger partial charge on any atom is -0.462 e. The van der Waals surface area contributed by atoms with Crippen LogP contribution in [0.15, 0.2) is 11.6 Å². The summed E-state index contributed by atoms with van der Waals surface area (Å²) in [5.41, 5.74) is 1.40. The van der Waals surface area contributed by atoms with Crippen molar-refractivity contribution in [3.63, 3.8) is 0 Å². The average Bonchev–Trinajstić information content (AvgIpc) is 2.77. The summed E-state index contributed by atoms with van der Waals surface area (Å²) in [5.74, 6) is 1.95. The Morgan fingerprint density at radius 1 is 1.12 bits per heavy atom. The molecule has 4 aliphatic carbocycles. The number of carbonyl (C=O) groups excluding carboxylic acids is 1. The first kappa shape index (κ1) is 17.6. The Hall–Kier alpha value is -0.830. The molecule has 0 aromatic heterocycles. The van der Waals surface area contributed by atoms with Gasteiger partial charge in [-0.2, -0.15) is 0 Å². The normalized spacial score (nSPS) is 51.8. The molecule has 0 aromatic rings. The molecule has 0 aliphatic heterocycles. The van der Waals surface area contributed by atoms with Crippen molar-refractivity contribution in [1.82, 2.24) is 0 Å². The number of rotatable bonds is 1. The molecule has 0 aromatic carbocycles. The second-order valence-electron chi connectivity index (χ2n) is 10.0. The molecule has 3 fully saturated rings. The molecule has 1 N–H and O–H groups in total. The lowest BCUT2D eigenvalue weighted by molar-refractivity contribution is -0.149. The fourth-order valence-electron chi connectivity index (χ4n) is 7.21. The molecule has 25 heavy (non-hydrogen) atoms. The molecule has 7 atom stereocenters. The molecular formula is C22H34O3. The second-order valence-corrected chi connectivity index (χ2v) is 10.0. The van der Waals surface area contributed by atoms with Crippen molar-refractivity contribution in [2.45, 2.75) is 90.8 Å². The predicted octanol–water partition coefficient (Wildman–Crippen LogP) is 4.63. The van der Waals surface area contributed by atoms with Gasteiger partial charge in [0.2, 0.25) is 0 Å². The summed E-state index contributed by atoms with van der Waals surface area (Å²) in [5, 5.41) is 11.0. The maximum Gasteiger partial charge on any atom is 0.302 e. The van der Waals surface area contributed by atoms with Crippen LogP contribution in [0.1, 0.15) is 79.1 Å². The van der Waals surface area contributed by atoms with Gasteiger partial charge in [0, 0.05) is 13.3 Å². The summed E-state index contributed by atoms with van der Waals surface area (Å²) in [6, 6.07) is 0. The van der Waals surface area contributed by atoms with Crippen molar-refractivity contribution in [3.8, 4) is 0 Å². The van der Waals surface area contributed by atoms with Gasteiger partial charge in [0.05, 0.1) is 5.60 Å². The van der Waals surface area contributed by atoms with Crippen LogP contribution in [0.4, 0.5) is 0 Å². The van der Waals surface area contributed by atoms with E-state index in [9.17, 15) is 9.90 Å². The molecule has 4 rings (SSSR count). The first-order valence-corrected chi connectivity index (χ1v) is 10.3. The summed E-state index contributed by atoms with van der Waals surface area (Å²) >= 11 is 0. The fraction of sp³-hybridized carbons (Fsp3) is 0.864. The van der Waals surface area contributed by atoms with Crippen molar-refractivity contribution >= 4 is 5.97 Å². The number of esters is 1. The summed E-state index contributed by atoms with van der Waals surface area (Å²) in [6.45, 7) is 8.41. The number of hydrogen-bond acceptors (Lipinski definition) is 3. The smallest absolute Gasteiger partial charge is 0.302 e. The SMILES string of the molecule is CC(=O)O[C@H]1CC[C@@]2(C)C(=CC[C@@H]3[C@@H]2CC[C@@]2(C)[C@H]3CC[C@]2(C)O)C1. The lowest BCUT2D eigenvalue weighted by Gasteiger charge is -2.58. The molecule has 0 amide bonds. The van der Waals surface area contributed by atoms with Gasteiger partial charge >= 0.3 is 5.97 Å². The van der Waals surface area contributed by atoms with E-state index in [4.69, 9.17) is 4.74 Å². The van der Waals surface area contributed by atoms with Crippen molar-refractivity contribution in [3.05, 3.63) is 11.6 Å². The first-order chi connectivity index (χ1) is 11.7. The molecule has 0 radical (unpaired) electrons. The number of carbonyl (C=O) groups is 1. The second kappa shape index (κ2) is 5.58. The number of fused-ring (bicyclic) bond motifs is 5. The largest absolute Gasteiger partial charge is 0.462 e. The molecule has 3 saturated carbocycles. The van der Waals surface area contributed by atoms with Crippen molar-refractivity contribution in [2.24, 2.45) is 28.6 Å². The van der Waals surface area contributed by atoms with E-state index in [2.05, 4.69) is 26.8 Å². The van der Waals surface area contributed by atoms with Crippen LogP contribution in [0.5, 0.6) is 0 Å². The van der Waals surface area contributed by atoms with Crippen LogP contribution in [-0.4, -0.2) is 22.8 Å². The third-order valence-corrected chi connectivity index (χ3v) is 8.95. The monoisotopic (exact) mass is 346 g/mol. The Balaban J connectivity index is 1.60. The van der Waals surface area contributed by atoms with E-state index in [1.807, 2.05) is 0 Å². The van der Waals surface area contributed by atoms with Crippen LogP contribution >= 0.6 is 0 Å². The standard InChI is InChI=1S/C22H34O3/c1-14(23)25-16-7-10-20(2)15(13-16)5-6-17-18(20)8-11-21(3)19(17)9-12-22(21,4)24/h5,16-19,24H,6-13H2,1-4H3/t16-,17+,18-,19-,20-,21-,22-/m0/s1. The van der Waals surface area contributed by atoms with Gasteiger partial charge in [-0.05, 0) is 80.5 Å². The highest BCUT2D eigenvalue weighted by atomic mass is 16.5. The van der Waals surface area contributed by atoms with Crippen LogP contribution in [0.3, 0.4) is 0 Å². The molecule has 0 heterocycles. The van der Waals surface area contributed by atoms with E-state index in [-0.39, 0.29) is 22.9 Å². The highest BCUT2D eigenvalue weighted by Gasteiger charge is 2.62. The van der Waals surface area contributed by atoms with Crippen LogP contribution in [-0.2, 0) is 9.53 Å². The number of aliphatic hydroxyl groups is 1. The molecule has 3 heteroatoms. The van der Waals surface area contributed by atoms with Gasteiger partial charge in [0.15, 0.2) is 0 Å². The van der Waals surface area contributed by atoms with Crippen LogP contribution in [0.25, 0.3) is 0 Å². The predicted molar refractivity (Wildman–Crippen MR) is 97.9 cm³/mol. The highest BCUT2D eigenvalue weighted by Crippen LogP contribution is 2.67. The molecular weight excluding hydrogens is 312 g/mol. The molecule has 4 aliphatic rings. The van der Waals surface area contributed by atoms with E-state index >= 15 is 0 Å². The van der Waals surface area contributed by atoms with E-state index in [1.165, 1.54) is 19.8 Å². The molecule has 3 nitrogen and oxygen atoms in total. The topological polar surface area (TPSA) is 46.5 Å². The van der Waals surface area contributed by atoms with Crippen LogP contribution in [0.2, 0.25) is 0 Å². The summed E-state index contributed by atoms with van der Waals surface area (Å²) in [7, 11) is 0. The van der Waals surface area contributed by atoms with Gasteiger partial charge in [-0.3, -0.25) is 4.79 Å². The van der Waals surface area contributed by atoms with Crippen molar-refractivity contribution < 1.29 is 14.6 Å². The van der Waals surface area contributed by atoms with Gasteiger partial charge in [-0.15, -0.1) is 0 Å². The Morgan fingerprint density at radius 3 is 2.56 bits per heavy atom. The van der Waals surface area contributed by atoms with Gasteiger partial charge < -0.3 is 9.84 Å². The zero-order valence-corrected chi connectivity index (χ0v) is 16.3. The fourth-order valence-corrected chi connectivity index (χ4v) is 7.21. The molecule has 0 unspecified atom stereocenters. The highest BCUT2D eigenvalue weighted by molar-refractivity contribution is 5.66. The number of ether oxygens (including phenoxy) is 1. The number of allylic oxidation sites excluding steroid dienone is 1. The van der Waals surface area contributed by atoms with E-state index in [0.717, 1.165) is 44.4 Å². The van der Waals surface area contributed by atoms with Crippen LogP contribution < -0.4 is 0 Å². The minimum absolute atomic E-state index is 0.0782. The maximum absolute atomic E-state index is 11.3. The van der Waals surface area contributed by atoms with Gasteiger partial charge in [0.1, 0.15) is 6.10 Å². The average molecular weight is 347 g/mol. The van der Waals surface area contributed by atoms with E-state index in [0.29, 0.717) is 11.8 Å².